The SMILES string of the molecule is Cc1cc(C)c(N(CCNC(=O)C2CCOCC2)S(C)(=O)=O)c(C)c1. The molecule has 1 aromatic rings. The highest BCUT2D eigenvalue weighted by Gasteiger charge is 2.24. The summed E-state index contributed by atoms with van der Waals surface area (Å²) in [5, 5.41) is 2.87. The van der Waals surface area contributed by atoms with Gasteiger partial charge in [0.1, 0.15) is 0 Å². The zero-order valence-corrected chi connectivity index (χ0v) is 16.3. The average Bonchev–Trinajstić information content (AvgIpc) is 2.52. The summed E-state index contributed by atoms with van der Waals surface area (Å²) < 4.78 is 31.2. The van der Waals surface area contributed by atoms with Gasteiger partial charge in [0.25, 0.3) is 0 Å². The van der Waals surface area contributed by atoms with E-state index in [0.717, 1.165) is 29.5 Å². The topological polar surface area (TPSA) is 75.7 Å². The zero-order valence-electron chi connectivity index (χ0n) is 15.5. The standard InChI is InChI=1S/C18H28N2O4S/c1-13-11-14(2)17(15(3)12-13)20(25(4,22)23)8-7-19-18(21)16-5-9-24-10-6-16/h11-12,16H,5-10H2,1-4H3,(H,19,21). The van der Waals surface area contributed by atoms with Gasteiger partial charge in [-0.1, -0.05) is 17.7 Å². The number of hydrogen-bond acceptors (Lipinski definition) is 4. The third-order valence-corrected chi connectivity index (χ3v) is 5.66. The van der Waals surface area contributed by atoms with Gasteiger partial charge in [-0.05, 0) is 44.7 Å². The highest BCUT2D eigenvalue weighted by molar-refractivity contribution is 7.92. The molecule has 1 heterocycles. The quantitative estimate of drug-likeness (QED) is 0.832. The maximum atomic E-state index is 12.3. The number of ether oxygens (including phenoxy) is 1. The van der Waals surface area contributed by atoms with Gasteiger partial charge in [0.2, 0.25) is 15.9 Å². The van der Waals surface area contributed by atoms with Gasteiger partial charge in [-0.15, -0.1) is 0 Å². The second-order valence-electron chi connectivity index (χ2n) is 6.76. The predicted molar refractivity (Wildman–Crippen MR) is 99.4 cm³/mol. The van der Waals surface area contributed by atoms with Crippen molar-refractivity contribution in [2.75, 3.05) is 36.9 Å². The minimum absolute atomic E-state index is 0.0194. The lowest BCUT2D eigenvalue weighted by Crippen LogP contribution is -2.41. The van der Waals surface area contributed by atoms with Crippen LogP contribution >= 0.6 is 0 Å². The minimum Gasteiger partial charge on any atom is -0.381 e. The van der Waals surface area contributed by atoms with E-state index in [2.05, 4.69) is 5.32 Å². The van der Waals surface area contributed by atoms with Crippen molar-refractivity contribution in [3.63, 3.8) is 0 Å². The van der Waals surface area contributed by atoms with Crippen molar-refractivity contribution in [3.05, 3.63) is 28.8 Å². The number of carbonyl (C=O) groups excluding carboxylic acids is 1. The molecule has 1 N–H and O–H groups in total. The van der Waals surface area contributed by atoms with Crippen LogP contribution in [0.2, 0.25) is 0 Å². The van der Waals surface area contributed by atoms with Gasteiger partial charge in [0.15, 0.2) is 0 Å². The summed E-state index contributed by atoms with van der Waals surface area (Å²) >= 11 is 0. The number of sulfonamides is 1. The molecule has 1 aromatic carbocycles. The van der Waals surface area contributed by atoms with E-state index in [9.17, 15) is 13.2 Å². The number of rotatable bonds is 6. The molecule has 140 valence electrons. The molecule has 1 aliphatic rings. The fraction of sp³-hybridized carbons (Fsp3) is 0.611. The van der Waals surface area contributed by atoms with Gasteiger partial charge in [0.05, 0.1) is 18.5 Å². The van der Waals surface area contributed by atoms with Crippen LogP contribution in [0, 0.1) is 26.7 Å². The van der Waals surface area contributed by atoms with Gasteiger partial charge < -0.3 is 10.1 Å². The second kappa shape index (κ2) is 8.19. The van der Waals surface area contributed by atoms with E-state index in [-0.39, 0.29) is 24.9 Å². The average molecular weight is 368 g/mol. The van der Waals surface area contributed by atoms with Gasteiger partial charge in [0, 0.05) is 25.7 Å². The van der Waals surface area contributed by atoms with Crippen molar-refractivity contribution >= 4 is 21.6 Å². The summed E-state index contributed by atoms with van der Waals surface area (Å²) in [4.78, 5) is 12.2. The Morgan fingerprint density at radius 2 is 1.76 bits per heavy atom. The van der Waals surface area contributed by atoms with E-state index in [1.165, 1.54) is 10.6 Å². The Hall–Kier alpha value is -1.60. The molecule has 6 nitrogen and oxygen atoms in total. The number of aryl methyl sites for hydroxylation is 3. The Bertz CT molecular complexity index is 702. The van der Waals surface area contributed by atoms with Gasteiger partial charge in [-0.2, -0.15) is 0 Å². The van der Waals surface area contributed by atoms with Gasteiger partial charge in [-0.3, -0.25) is 9.10 Å². The summed E-state index contributed by atoms with van der Waals surface area (Å²) in [6, 6.07) is 3.95. The van der Waals surface area contributed by atoms with Crippen LogP contribution < -0.4 is 9.62 Å². The summed E-state index contributed by atoms with van der Waals surface area (Å²) in [5.41, 5.74) is 3.63. The smallest absolute Gasteiger partial charge is 0.232 e. The molecule has 1 fully saturated rings. The van der Waals surface area contributed by atoms with Crippen molar-refractivity contribution in [2.45, 2.75) is 33.6 Å². The van der Waals surface area contributed by atoms with Crippen LogP contribution in [0.25, 0.3) is 0 Å². The van der Waals surface area contributed by atoms with E-state index in [0.29, 0.717) is 18.9 Å². The maximum absolute atomic E-state index is 12.3. The first kappa shape index (κ1) is 19.7. The molecule has 1 amide bonds. The van der Waals surface area contributed by atoms with E-state index in [4.69, 9.17) is 4.74 Å². The number of nitrogens with zero attached hydrogens (tertiary/aromatic N) is 1. The van der Waals surface area contributed by atoms with Crippen molar-refractivity contribution in [2.24, 2.45) is 5.92 Å². The first-order valence-corrected chi connectivity index (χ1v) is 10.5. The Labute approximate surface area is 150 Å². The molecule has 7 heteroatoms. The predicted octanol–water partition coefficient (Wildman–Crippen LogP) is 1.92. The Balaban J connectivity index is 2.08. The monoisotopic (exact) mass is 368 g/mol. The minimum atomic E-state index is -3.44. The van der Waals surface area contributed by atoms with Gasteiger partial charge in [-0.25, -0.2) is 8.42 Å². The van der Waals surface area contributed by atoms with E-state index in [1.807, 2.05) is 32.9 Å². The van der Waals surface area contributed by atoms with Crippen LogP contribution in [0.4, 0.5) is 5.69 Å². The summed E-state index contributed by atoms with van der Waals surface area (Å²) in [5.74, 6) is -0.0580. The molecule has 25 heavy (non-hydrogen) atoms. The molecular weight excluding hydrogens is 340 g/mol. The lowest BCUT2D eigenvalue weighted by molar-refractivity contribution is -0.127. The highest BCUT2D eigenvalue weighted by atomic mass is 32.2. The largest absolute Gasteiger partial charge is 0.381 e. The van der Waals surface area contributed by atoms with Crippen LogP contribution in [0.5, 0.6) is 0 Å². The van der Waals surface area contributed by atoms with Crippen molar-refractivity contribution in [3.8, 4) is 0 Å². The maximum Gasteiger partial charge on any atom is 0.232 e. The third-order valence-electron chi connectivity index (χ3n) is 4.49. The van der Waals surface area contributed by atoms with E-state index in [1.54, 1.807) is 0 Å². The normalized spacial score (nSPS) is 15.8. The Morgan fingerprint density at radius 3 is 2.28 bits per heavy atom. The molecule has 0 saturated carbocycles. The molecule has 1 saturated heterocycles. The summed E-state index contributed by atoms with van der Waals surface area (Å²) in [7, 11) is -3.44. The third kappa shape index (κ3) is 5.19. The van der Waals surface area contributed by atoms with Crippen LogP contribution in [0.1, 0.15) is 29.5 Å². The number of benzene rings is 1. The molecule has 0 aliphatic carbocycles. The molecular formula is C18H28N2O4S. The fourth-order valence-corrected chi connectivity index (χ4v) is 4.44. The van der Waals surface area contributed by atoms with E-state index >= 15 is 0 Å². The van der Waals surface area contributed by atoms with Crippen molar-refractivity contribution in [1.29, 1.82) is 0 Å². The fourth-order valence-electron chi connectivity index (χ4n) is 3.39. The Kier molecular flexibility index (Phi) is 6.46. The number of nitrogens with one attached hydrogen (secondary N) is 1. The first-order valence-electron chi connectivity index (χ1n) is 8.61. The number of hydrogen-bond donors (Lipinski definition) is 1. The molecule has 0 radical (unpaired) electrons. The highest BCUT2D eigenvalue weighted by Crippen LogP contribution is 2.28. The number of carbonyl (C=O) groups is 1. The molecule has 0 aromatic heterocycles. The van der Waals surface area contributed by atoms with Crippen molar-refractivity contribution < 1.29 is 17.9 Å². The zero-order chi connectivity index (χ0) is 18.6. The second-order valence-corrected chi connectivity index (χ2v) is 8.67. The van der Waals surface area contributed by atoms with Crippen molar-refractivity contribution in [1.82, 2.24) is 5.32 Å². The summed E-state index contributed by atoms with van der Waals surface area (Å²) in [6.45, 7) is 7.53. The first-order chi connectivity index (χ1) is 11.7. The lowest BCUT2D eigenvalue weighted by Gasteiger charge is -2.27. The summed E-state index contributed by atoms with van der Waals surface area (Å²) in [6.07, 6.45) is 2.64. The molecule has 1 aliphatic heterocycles. The van der Waals surface area contributed by atoms with Crippen LogP contribution in [-0.4, -0.2) is 46.9 Å². The molecule has 0 spiro atoms. The van der Waals surface area contributed by atoms with Gasteiger partial charge >= 0.3 is 0 Å². The molecule has 2 rings (SSSR count). The van der Waals surface area contributed by atoms with E-state index < -0.39 is 10.0 Å². The van der Waals surface area contributed by atoms with Crippen LogP contribution in [0.15, 0.2) is 12.1 Å². The molecule has 0 atom stereocenters. The van der Waals surface area contributed by atoms with Crippen LogP contribution in [0.3, 0.4) is 0 Å². The lowest BCUT2D eigenvalue weighted by atomic mass is 9.99. The molecule has 0 unspecified atom stereocenters. The number of anilines is 1. The Morgan fingerprint density at radius 1 is 1.20 bits per heavy atom. The number of amides is 1. The van der Waals surface area contributed by atoms with Crippen LogP contribution in [-0.2, 0) is 19.6 Å². The molecule has 0 bridgehead atoms.